The molecule has 12 heteroatoms. The molecule has 1 aliphatic heterocycles. The lowest BCUT2D eigenvalue weighted by Gasteiger charge is -2.48. The second-order valence-electron chi connectivity index (χ2n) is 12.9. The number of ether oxygens (including phenoxy) is 2. The van der Waals surface area contributed by atoms with E-state index in [1.54, 1.807) is 12.1 Å². The second kappa shape index (κ2) is 10.7. The smallest absolute Gasteiger partial charge is 0.318 e. The predicted octanol–water partition coefficient (Wildman–Crippen LogP) is 7.22. The number of nitrogens with zero attached hydrogens (tertiary/aromatic N) is 3. The number of hydrogen-bond donors (Lipinski definition) is 0. The molecule has 0 spiro atoms. The van der Waals surface area contributed by atoms with Gasteiger partial charge < -0.3 is 14.4 Å². The van der Waals surface area contributed by atoms with Crippen molar-refractivity contribution in [1.82, 2.24) is 4.90 Å². The zero-order valence-electron chi connectivity index (χ0n) is 24.8. The Balaban J connectivity index is 1.67. The Labute approximate surface area is 262 Å². The number of nitro groups is 2. The summed E-state index contributed by atoms with van der Waals surface area (Å²) in [5, 5.41) is 22.9. The molecule has 0 saturated carbocycles. The third-order valence-corrected chi connectivity index (χ3v) is 9.13. The molecule has 0 unspecified atom stereocenters. The molecule has 43 heavy (non-hydrogen) atoms. The lowest BCUT2D eigenvalue weighted by atomic mass is 9.64. The van der Waals surface area contributed by atoms with Crippen LogP contribution in [0.2, 0.25) is 0 Å². The number of carbonyl (C=O) groups excluding carboxylic acids is 2. The zero-order valence-corrected chi connectivity index (χ0v) is 26.9. The molecule has 2 aliphatic carbocycles. The number of nitro benzene ring substituents is 2. The standard InChI is InChI=1S/C31H32IN3O8/c1-30(2)12-20-27(22(36)14-30)26(28-21(33(20)5)13-31(3,4)15-23(28)37)16-9-18(32)29(25(10-16)42-6)43-24-8-7-17(34(38)39)11-19(24)35(40)41/h7-11,26H,12-15H2,1-6H3. The van der Waals surface area contributed by atoms with Gasteiger partial charge in [0, 0.05) is 54.4 Å². The van der Waals surface area contributed by atoms with E-state index in [0.29, 0.717) is 46.0 Å². The van der Waals surface area contributed by atoms with Gasteiger partial charge in [-0.15, -0.1) is 0 Å². The number of ketones is 2. The Morgan fingerprint density at radius 1 is 0.860 bits per heavy atom. The van der Waals surface area contributed by atoms with Crippen LogP contribution in [0.15, 0.2) is 52.9 Å². The van der Waals surface area contributed by atoms with E-state index in [9.17, 15) is 29.8 Å². The predicted molar refractivity (Wildman–Crippen MR) is 166 cm³/mol. The number of allylic oxidation sites excluding steroid dienone is 4. The molecular weight excluding hydrogens is 669 g/mol. The molecule has 2 aromatic carbocycles. The first-order valence-corrected chi connectivity index (χ1v) is 14.9. The van der Waals surface area contributed by atoms with Crippen LogP contribution in [-0.2, 0) is 9.59 Å². The fraction of sp³-hybridized carbons (Fsp3) is 0.419. The molecule has 0 N–H and O–H groups in total. The average Bonchev–Trinajstić information content (AvgIpc) is 2.89. The van der Waals surface area contributed by atoms with Gasteiger partial charge in [0.2, 0.25) is 5.75 Å². The summed E-state index contributed by atoms with van der Waals surface area (Å²) in [4.78, 5) is 51.1. The summed E-state index contributed by atoms with van der Waals surface area (Å²) in [6, 6.07) is 6.66. The second-order valence-corrected chi connectivity index (χ2v) is 14.1. The summed E-state index contributed by atoms with van der Waals surface area (Å²) in [6.07, 6.45) is 2.09. The molecule has 0 atom stereocenters. The summed E-state index contributed by atoms with van der Waals surface area (Å²) in [5.41, 5.74) is 2.29. The fourth-order valence-electron chi connectivity index (χ4n) is 6.46. The topological polar surface area (TPSA) is 142 Å². The number of non-ortho nitro benzene ring substituents is 1. The van der Waals surface area contributed by atoms with Crippen molar-refractivity contribution in [2.75, 3.05) is 14.2 Å². The molecule has 0 fully saturated rings. The highest BCUT2D eigenvalue weighted by molar-refractivity contribution is 14.1. The third-order valence-electron chi connectivity index (χ3n) is 8.33. The average molecular weight is 702 g/mol. The maximum atomic E-state index is 13.8. The van der Waals surface area contributed by atoms with E-state index in [4.69, 9.17) is 9.47 Å². The van der Waals surface area contributed by atoms with Crippen molar-refractivity contribution in [2.24, 2.45) is 10.8 Å². The van der Waals surface area contributed by atoms with E-state index in [1.807, 2.05) is 29.6 Å². The summed E-state index contributed by atoms with van der Waals surface area (Å²) in [7, 11) is 3.38. The highest BCUT2D eigenvalue weighted by Gasteiger charge is 2.48. The Kier molecular flexibility index (Phi) is 7.64. The van der Waals surface area contributed by atoms with Crippen molar-refractivity contribution in [1.29, 1.82) is 0 Å². The van der Waals surface area contributed by atoms with Crippen molar-refractivity contribution in [2.45, 2.75) is 59.3 Å². The minimum Gasteiger partial charge on any atom is -0.493 e. The molecule has 0 amide bonds. The monoisotopic (exact) mass is 701 g/mol. The van der Waals surface area contributed by atoms with E-state index in [2.05, 4.69) is 32.6 Å². The quantitative estimate of drug-likeness (QED) is 0.173. The Bertz CT molecular complexity index is 1620. The van der Waals surface area contributed by atoms with E-state index >= 15 is 0 Å². The van der Waals surface area contributed by atoms with Crippen LogP contribution in [0, 0.1) is 34.6 Å². The van der Waals surface area contributed by atoms with Crippen LogP contribution in [0.4, 0.5) is 11.4 Å². The highest BCUT2D eigenvalue weighted by atomic mass is 127. The van der Waals surface area contributed by atoms with Gasteiger partial charge >= 0.3 is 5.69 Å². The van der Waals surface area contributed by atoms with Crippen LogP contribution in [0.25, 0.3) is 0 Å². The number of rotatable bonds is 6. The molecule has 2 aromatic rings. The van der Waals surface area contributed by atoms with Gasteiger partial charge in [0.25, 0.3) is 5.69 Å². The van der Waals surface area contributed by atoms with Crippen molar-refractivity contribution < 1.29 is 28.9 Å². The number of benzene rings is 2. The van der Waals surface area contributed by atoms with E-state index < -0.39 is 27.1 Å². The van der Waals surface area contributed by atoms with E-state index in [-0.39, 0.29) is 39.6 Å². The van der Waals surface area contributed by atoms with Crippen LogP contribution in [0.3, 0.4) is 0 Å². The van der Waals surface area contributed by atoms with Gasteiger partial charge in [-0.05, 0) is 70.0 Å². The maximum Gasteiger partial charge on any atom is 0.318 e. The van der Waals surface area contributed by atoms with E-state index in [1.165, 1.54) is 13.2 Å². The van der Waals surface area contributed by atoms with Crippen molar-refractivity contribution >= 4 is 45.5 Å². The van der Waals surface area contributed by atoms with Gasteiger partial charge in [0.15, 0.2) is 23.1 Å². The molecule has 0 radical (unpaired) electrons. The Hall–Kier alpha value is -3.81. The SMILES string of the molecule is COc1cc(C2C3=C(CC(C)(C)CC3=O)N(C)C3=C2C(=O)CC(C)(C)C3)cc(I)c1Oc1ccc([N+](=O)[O-])cc1[N+](=O)[O-]. The largest absolute Gasteiger partial charge is 0.493 e. The molecule has 0 bridgehead atoms. The lowest BCUT2D eigenvalue weighted by molar-refractivity contribution is -0.394. The van der Waals surface area contributed by atoms with Gasteiger partial charge in [0.05, 0.1) is 26.6 Å². The van der Waals surface area contributed by atoms with Crippen LogP contribution in [-0.4, -0.2) is 40.5 Å². The summed E-state index contributed by atoms with van der Waals surface area (Å²) < 4.78 is 12.2. The minimum absolute atomic E-state index is 0.00286. The molecule has 0 saturated heterocycles. The molecule has 0 aromatic heterocycles. The number of Topliss-reactive ketones (excluding diaryl/α,β-unsaturated/α-hetero) is 2. The van der Waals surface area contributed by atoms with Gasteiger partial charge in [-0.3, -0.25) is 29.8 Å². The van der Waals surface area contributed by atoms with Crippen molar-refractivity contribution in [3.8, 4) is 17.2 Å². The number of hydrogen-bond acceptors (Lipinski definition) is 9. The molecule has 3 aliphatic rings. The van der Waals surface area contributed by atoms with Crippen LogP contribution < -0.4 is 9.47 Å². The first kappa shape index (κ1) is 30.6. The van der Waals surface area contributed by atoms with Gasteiger partial charge in [-0.2, -0.15) is 0 Å². The summed E-state index contributed by atoms with van der Waals surface area (Å²) >= 11 is 2.03. The molecule has 5 rings (SSSR count). The number of methoxy groups -OCH3 is 1. The minimum atomic E-state index is -0.747. The normalized spacial score (nSPS) is 19.7. The summed E-state index contributed by atoms with van der Waals surface area (Å²) in [5.74, 6) is -0.370. The fourth-order valence-corrected chi connectivity index (χ4v) is 7.20. The third kappa shape index (κ3) is 5.52. The van der Waals surface area contributed by atoms with Crippen LogP contribution in [0.5, 0.6) is 17.2 Å². The molecule has 1 heterocycles. The molecule has 226 valence electrons. The van der Waals surface area contributed by atoms with Crippen LogP contribution in [0.1, 0.15) is 64.9 Å². The van der Waals surface area contributed by atoms with Gasteiger partial charge in [0.1, 0.15) is 0 Å². The van der Waals surface area contributed by atoms with Crippen LogP contribution >= 0.6 is 22.6 Å². The molecule has 11 nitrogen and oxygen atoms in total. The first-order valence-electron chi connectivity index (χ1n) is 13.8. The number of halogens is 1. The molecular formula is C31H32IN3O8. The lowest BCUT2D eigenvalue weighted by Crippen LogP contribution is -2.43. The van der Waals surface area contributed by atoms with E-state index in [0.717, 1.165) is 23.5 Å². The highest BCUT2D eigenvalue weighted by Crippen LogP contribution is 2.55. The summed E-state index contributed by atoms with van der Waals surface area (Å²) in [6.45, 7) is 8.31. The maximum absolute atomic E-state index is 13.8. The van der Waals surface area contributed by atoms with Crippen molar-refractivity contribution in [3.63, 3.8) is 0 Å². The zero-order chi connectivity index (χ0) is 31.6. The first-order chi connectivity index (χ1) is 20.0. The Morgan fingerprint density at radius 2 is 1.42 bits per heavy atom. The van der Waals surface area contributed by atoms with Gasteiger partial charge in [-0.25, -0.2) is 0 Å². The van der Waals surface area contributed by atoms with Gasteiger partial charge in [-0.1, -0.05) is 27.7 Å². The number of carbonyl (C=O) groups is 2. The Morgan fingerprint density at radius 3 is 1.91 bits per heavy atom. The van der Waals surface area contributed by atoms with Crippen molar-refractivity contribution in [3.05, 3.63) is 82.2 Å².